The number of piperidine rings is 1. The highest BCUT2D eigenvalue weighted by molar-refractivity contribution is 5.94. The van der Waals surface area contributed by atoms with Gasteiger partial charge in [0.25, 0.3) is 0 Å². The quantitative estimate of drug-likeness (QED) is 0.141. The zero-order valence-electron chi connectivity index (χ0n) is 30.5. The molecule has 1 fully saturated rings. The van der Waals surface area contributed by atoms with Crippen molar-refractivity contribution >= 4 is 34.7 Å². The molecule has 7 rings (SSSR count). The molecule has 4 amide bonds. The molecule has 292 valence electrons. The number of carbonyl (C=O) groups excluding carboxylic acids is 3. The SMILES string of the molecule is NCCCC[C@@H](C(=O)NCc1ccccc1)N1Cc2[nH]c3ccccc3c2C[C@@H](NC(=O)N2CCC3(CCc4ccccc43)CC2)C1=O.O=C(O)C(F)(F)F. The molecule has 0 unspecified atom stereocenters. The molecular weight excluding hydrogens is 713 g/mol. The van der Waals surface area contributed by atoms with Gasteiger partial charge in [0.05, 0.1) is 6.54 Å². The number of aryl methyl sites for hydroxylation is 1. The Morgan fingerprint density at radius 1 is 0.945 bits per heavy atom. The van der Waals surface area contributed by atoms with Gasteiger partial charge in [-0.1, -0.05) is 72.8 Å². The van der Waals surface area contributed by atoms with E-state index in [1.54, 1.807) is 4.90 Å². The number of para-hydroxylation sites is 1. The summed E-state index contributed by atoms with van der Waals surface area (Å²) in [6, 6.07) is 24.8. The van der Waals surface area contributed by atoms with E-state index >= 15 is 0 Å². The number of nitrogens with two attached hydrogens (primary N) is 1. The van der Waals surface area contributed by atoms with E-state index in [4.69, 9.17) is 15.6 Å². The second kappa shape index (κ2) is 17.0. The molecule has 0 radical (unpaired) electrons. The van der Waals surface area contributed by atoms with Gasteiger partial charge < -0.3 is 36.3 Å². The summed E-state index contributed by atoms with van der Waals surface area (Å²) < 4.78 is 31.7. The van der Waals surface area contributed by atoms with Gasteiger partial charge in [0.1, 0.15) is 12.1 Å². The van der Waals surface area contributed by atoms with Crippen LogP contribution in [0, 0.1) is 0 Å². The lowest BCUT2D eigenvalue weighted by atomic mass is 9.74. The van der Waals surface area contributed by atoms with Crippen LogP contribution in [0.15, 0.2) is 78.9 Å². The first kappa shape index (κ1) is 39.3. The molecular formula is C41H47F3N6O5. The van der Waals surface area contributed by atoms with Gasteiger partial charge in [-0.2, -0.15) is 13.2 Å². The Bertz CT molecular complexity index is 1990. The maximum absolute atomic E-state index is 14.5. The van der Waals surface area contributed by atoms with E-state index in [2.05, 4.69) is 45.9 Å². The van der Waals surface area contributed by atoms with Crippen LogP contribution in [0.25, 0.3) is 10.9 Å². The van der Waals surface area contributed by atoms with Crippen molar-refractivity contribution in [3.05, 3.63) is 107 Å². The van der Waals surface area contributed by atoms with Crippen LogP contribution < -0.4 is 16.4 Å². The molecule has 1 saturated heterocycles. The van der Waals surface area contributed by atoms with Gasteiger partial charge in [-0.15, -0.1) is 0 Å². The Labute approximate surface area is 317 Å². The highest BCUT2D eigenvalue weighted by atomic mass is 19.4. The van der Waals surface area contributed by atoms with E-state index in [-0.39, 0.29) is 29.8 Å². The van der Waals surface area contributed by atoms with E-state index in [0.29, 0.717) is 45.4 Å². The van der Waals surface area contributed by atoms with Crippen molar-refractivity contribution in [2.24, 2.45) is 5.73 Å². The van der Waals surface area contributed by atoms with Gasteiger partial charge in [0, 0.05) is 42.7 Å². The Morgan fingerprint density at radius 3 is 2.33 bits per heavy atom. The lowest BCUT2D eigenvalue weighted by Crippen LogP contribution is -2.57. The number of fused-ring (bicyclic) bond motifs is 5. The van der Waals surface area contributed by atoms with Crippen LogP contribution in [0.3, 0.4) is 0 Å². The highest BCUT2D eigenvalue weighted by Gasteiger charge is 2.43. The van der Waals surface area contributed by atoms with Crippen LogP contribution in [0.1, 0.15) is 66.5 Å². The number of hydrogen-bond donors (Lipinski definition) is 5. The monoisotopic (exact) mass is 760 g/mol. The van der Waals surface area contributed by atoms with E-state index < -0.39 is 24.2 Å². The average molecular weight is 761 g/mol. The van der Waals surface area contributed by atoms with Crippen LogP contribution in [-0.2, 0) is 45.7 Å². The minimum atomic E-state index is -5.08. The molecule has 2 atom stereocenters. The zero-order chi connectivity index (χ0) is 39.2. The third kappa shape index (κ3) is 8.96. The largest absolute Gasteiger partial charge is 0.490 e. The summed E-state index contributed by atoms with van der Waals surface area (Å²) in [6.07, 6.45) is 1.26. The maximum Gasteiger partial charge on any atom is 0.490 e. The summed E-state index contributed by atoms with van der Waals surface area (Å²) in [4.78, 5) is 58.3. The minimum Gasteiger partial charge on any atom is -0.475 e. The van der Waals surface area contributed by atoms with Crippen molar-refractivity contribution in [1.29, 1.82) is 0 Å². The number of halogens is 3. The molecule has 3 heterocycles. The van der Waals surface area contributed by atoms with Gasteiger partial charge in [-0.05, 0) is 85.2 Å². The van der Waals surface area contributed by atoms with Crippen LogP contribution in [-0.4, -0.2) is 81.6 Å². The topological polar surface area (TPSA) is 161 Å². The standard InChI is InChI=1S/C39H46N6O3.C2HF3O2/c40-21-9-8-16-35(36(46)41-25-27-10-2-1-3-11-27)45-26-34-30(29-13-5-7-15-32(29)42-34)24-33(37(45)47)43-38(48)44-22-19-39(20-23-44)18-17-28-12-4-6-14-31(28)39;3-2(4,5)1(6)7/h1-7,10-15,33,35,42H,8-9,16-26,40H2,(H,41,46)(H,43,48);(H,6,7)/t33-,35+;/m1./s1. The molecule has 2 aliphatic heterocycles. The molecule has 1 spiro atoms. The van der Waals surface area contributed by atoms with Crippen molar-refractivity contribution in [1.82, 2.24) is 25.4 Å². The normalized spacial score (nSPS) is 18.1. The lowest BCUT2D eigenvalue weighted by molar-refractivity contribution is -0.192. The number of aromatic amines is 1. The fourth-order valence-electron chi connectivity index (χ4n) is 8.22. The molecule has 1 aromatic heterocycles. The molecule has 11 nitrogen and oxygen atoms in total. The maximum atomic E-state index is 14.5. The fraction of sp³-hybridized carbons (Fsp3) is 0.415. The third-order valence-corrected chi connectivity index (χ3v) is 11.1. The number of amides is 4. The number of nitrogens with one attached hydrogen (secondary N) is 3. The number of H-pyrrole nitrogens is 1. The van der Waals surface area contributed by atoms with E-state index in [9.17, 15) is 27.6 Å². The van der Waals surface area contributed by atoms with Crippen molar-refractivity contribution in [3.8, 4) is 0 Å². The third-order valence-electron chi connectivity index (χ3n) is 11.1. The van der Waals surface area contributed by atoms with E-state index in [1.165, 1.54) is 11.1 Å². The van der Waals surface area contributed by atoms with Crippen LogP contribution in [0.2, 0.25) is 0 Å². The Hall–Kier alpha value is -5.37. The predicted molar refractivity (Wildman–Crippen MR) is 201 cm³/mol. The number of aromatic nitrogens is 1. The number of carboxylic acid groups (broad SMARTS) is 1. The number of aliphatic carboxylic acids is 1. The number of hydrogen-bond acceptors (Lipinski definition) is 5. The first-order chi connectivity index (χ1) is 26.4. The summed E-state index contributed by atoms with van der Waals surface area (Å²) in [7, 11) is 0. The summed E-state index contributed by atoms with van der Waals surface area (Å²) in [5.41, 5.74) is 12.7. The Balaban J connectivity index is 0.000000672. The first-order valence-corrected chi connectivity index (χ1v) is 18.7. The van der Waals surface area contributed by atoms with E-state index in [1.807, 2.05) is 53.4 Å². The summed E-state index contributed by atoms with van der Waals surface area (Å²) >= 11 is 0. The van der Waals surface area contributed by atoms with Gasteiger partial charge in [-0.25, -0.2) is 9.59 Å². The first-order valence-electron chi connectivity index (χ1n) is 18.7. The number of unbranched alkanes of at least 4 members (excludes halogenated alkanes) is 1. The van der Waals surface area contributed by atoms with Gasteiger partial charge in [0.2, 0.25) is 11.8 Å². The lowest BCUT2D eigenvalue weighted by Gasteiger charge is -2.40. The zero-order valence-corrected chi connectivity index (χ0v) is 30.5. The number of alkyl halides is 3. The number of benzene rings is 3. The number of carboxylic acids is 1. The number of likely N-dealkylation sites (tertiary alicyclic amines) is 1. The van der Waals surface area contributed by atoms with Crippen molar-refractivity contribution in [2.45, 2.75) is 88.1 Å². The molecule has 4 aromatic rings. The number of nitrogens with zero attached hydrogens (tertiary/aromatic N) is 2. The second-order valence-corrected chi connectivity index (χ2v) is 14.5. The van der Waals surface area contributed by atoms with Crippen LogP contribution in [0.5, 0.6) is 0 Å². The molecule has 1 aliphatic carbocycles. The predicted octanol–water partition coefficient (Wildman–Crippen LogP) is 5.56. The van der Waals surface area contributed by atoms with Crippen LogP contribution in [0.4, 0.5) is 18.0 Å². The van der Waals surface area contributed by atoms with Crippen LogP contribution >= 0.6 is 0 Å². The number of urea groups is 1. The Morgan fingerprint density at radius 2 is 1.62 bits per heavy atom. The van der Waals surface area contributed by atoms with Gasteiger partial charge >= 0.3 is 18.2 Å². The molecule has 0 saturated carbocycles. The smallest absolute Gasteiger partial charge is 0.475 e. The summed E-state index contributed by atoms with van der Waals surface area (Å²) in [6.45, 7) is 2.43. The molecule has 6 N–H and O–H groups in total. The van der Waals surface area contributed by atoms with Gasteiger partial charge in [0.15, 0.2) is 0 Å². The molecule has 14 heteroatoms. The Kier molecular flexibility index (Phi) is 12.1. The van der Waals surface area contributed by atoms with Crippen molar-refractivity contribution < 1.29 is 37.5 Å². The molecule has 3 aromatic carbocycles. The summed E-state index contributed by atoms with van der Waals surface area (Å²) in [5.74, 6) is -3.19. The molecule has 0 bridgehead atoms. The number of carbonyl (C=O) groups is 4. The van der Waals surface area contributed by atoms with E-state index in [0.717, 1.165) is 59.8 Å². The molecule has 3 aliphatic rings. The fourth-order valence-corrected chi connectivity index (χ4v) is 8.22. The minimum absolute atomic E-state index is 0.130. The summed E-state index contributed by atoms with van der Waals surface area (Å²) in [5, 5.41) is 14.4. The van der Waals surface area contributed by atoms with Crippen molar-refractivity contribution in [2.75, 3.05) is 19.6 Å². The average Bonchev–Trinajstić information content (AvgIpc) is 3.68. The second-order valence-electron chi connectivity index (χ2n) is 14.5. The molecule has 55 heavy (non-hydrogen) atoms. The highest BCUT2D eigenvalue weighted by Crippen LogP contribution is 2.46. The van der Waals surface area contributed by atoms with Gasteiger partial charge in [-0.3, -0.25) is 9.59 Å². The van der Waals surface area contributed by atoms with Crippen molar-refractivity contribution in [3.63, 3.8) is 0 Å². The number of rotatable bonds is 9.